The molecule has 3 amide bonds. The van der Waals surface area contributed by atoms with Crippen molar-refractivity contribution in [3.8, 4) is 0 Å². The van der Waals surface area contributed by atoms with Crippen LogP contribution in [0.3, 0.4) is 0 Å². The maximum atomic E-state index is 12.2. The van der Waals surface area contributed by atoms with Crippen molar-refractivity contribution in [1.29, 1.82) is 0 Å². The molecule has 1 atom stereocenters. The fourth-order valence-corrected chi connectivity index (χ4v) is 2.09. The molecule has 98 valence electrons. The third-order valence-electron chi connectivity index (χ3n) is 3.10. The Bertz CT molecular complexity index is 569. The second kappa shape index (κ2) is 6.83. The Kier molecular flexibility index (Phi) is 5.68. The smallest absolute Gasteiger partial charge is 0.861 e. The minimum Gasteiger partial charge on any atom is -0.861 e. The minimum absolute atomic E-state index is 0. The number of benzene rings is 1. The molecule has 1 heterocycles. The van der Waals surface area contributed by atoms with Crippen molar-refractivity contribution in [3.63, 3.8) is 0 Å². The quantitative estimate of drug-likeness (QED) is 0.509. The molecule has 0 aromatic heterocycles. The van der Waals surface area contributed by atoms with E-state index in [4.69, 9.17) is 0 Å². The van der Waals surface area contributed by atoms with E-state index in [0.717, 1.165) is 0 Å². The van der Waals surface area contributed by atoms with Crippen molar-refractivity contribution in [2.75, 3.05) is 0 Å². The topological polar surface area (TPSA) is 81.6 Å². The molecule has 1 aliphatic rings. The van der Waals surface area contributed by atoms with Gasteiger partial charge in [-0.3, -0.25) is 10.1 Å². The average Bonchev–Trinajstić information content (AvgIpc) is 2.39. The van der Waals surface area contributed by atoms with Crippen LogP contribution in [0.1, 0.15) is 18.9 Å². The van der Waals surface area contributed by atoms with E-state index < -0.39 is 23.3 Å². The number of allylic oxidation sites excluding steroid dienone is 2. The van der Waals surface area contributed by atoms with Gasteiger partial charge in [0.15, 0.2) is 0 Å². The number of urea groups is 1. The first-order chi connectivity index (χ1) is 9.11. The maximum Gasteiger partial charge on any atom is 1.00 e. The molecule has 0 bridgehead atoms. The number of hydrogen-bond donors (Lipinski definition) is 1. The summed E-state index contributed by atoms with van der Waals surface area (Å²) in [6, 6.07) is 7.74. The summed E-state index contributed by atoms with van der Waals surface area (Å²) in [6.45, 7) is 1.80. The Hall–Kier alpha value is -1.43. The fraction of sp³-hybridized carbons (Fsp3) is 0.214. The van der Waals surface area contributed by atoms with Gasteiger partial charge in [-0.15, -0.1) is 0 Å². The van der Waals surface area contributed by atoms with Crippen LogP contribution in [0.4, 0.5) is 4.79 Å². The van der Waals surface area contributed by atoms with Gasteiger partial charge in [-0.25, -0.2) is 9.79 Å². The molecule has 1 N–H and O–H groups in total. The molecule has 5 nitrogen and oxygen atoms in total. The molecule has 1 unspecified atom stereocenters. The van der Waals surface area contributed by atoms with Gasteiger partial charge in [0.2, 0.25) is 5.91 Å². The molecule has 0 spiro atoms. The van der Waals surface area contributed by atoms with Crippen molar-refractivity contribution < 1.29 is 44.3 Å². The summed E-state index contributed by atoms with van der Waals surface area (Å²) in [6.07, 6.45) is 3.65. The number of imide groups is 1. The van der Waals surface area contributed by atoms with Crippen LogP contribution in [0, 0.1) is 0 Å². The van der Waals surface area contributed by atoms with Gasteiger partial charge in [0.25, 0.3) is 0 Å². The van der Waals surface area contributed by atoms with Crippen LogP contribution in [0.5, 0.6) is 0 Å². The predicted octanol–water partition coefficient (Wildman–Crippen LogP) is -2.10. The summed E-state index contributed by atoms with van der Waals surface area (Å²) in [4.78, 5) is 26.7. The molecule has 0 saturated heterocycles. The number of carbonyl (C=O) groups excluding carboxylic acids is 2. The van der Waals surface area contributed by atoms with E-state index in [1.807, 2.05) is 0 Å². The molecule has 20 heavy (non-hydrogen) atoms. The molecule has 0 aliphatic carbocycles. The Morgan fingerprint density at radius 1 is 1.30 bits per heavy atom. The van der Waals surface area contributed by atoms with Gasteiger partial charge >= 0.3 is 35.6 Å². The van der Waals surface area contributed by atoms with Gasteiger partial charge in [-0.1, -0.05) is 42.5 Å². The molecule has 1 aliphatic heterocycles. The molecule has 0 fully saturated rings. The van der Waals surface area contributed by atoms with Gasteiger partial charge in [0.05, 0.1) is 0 Å². The first kappa shape index (κ1) is 16.6. The largest absolute Gasteiger partial charge is 1.00 e. The SMILES string of the molecule is C/C=C/CC1(c2ccccc2)C(=O)NC(=O)N=C1[O-].[Na+]. The zero-order valence-corrected chi connectivity index (χ0v) is 13.4. The van der Waals surface area contributed by atoms with E-state index in [1.54, 1.807) is 49.4 Å². The minimum atomic E-state index is -1.44. The van der Waals surface area contributed by atoms with Crippen molar-refractivity contribution in [2.24, 2.45) is 4.99 Å². The van der Waals surface area contributed by atoms with E-state index in [9.17, 15) is 14.7 Å². The number of nitrogens with one attached hydrogen (secondary N) is 1. The summed E-state index contributed by atoms with van der Waals surface area (Å²) in [7, 11) is 0. The number of amides is 3. The van der Waals surface area contributed by atoms with Gasteiger partial charge in [-0.2, -0.15) is 0 Å². The van der Waals surface area contributed by atoms with Crippen LogP contribution in [0.25, 0.3) is 0 Å². The molecule has 1 aromatic rings. The van der Waals surface area contributed by atoms with Gasteiger partial charge < -0.3 is 5.11 Å². The molecule has 0 radical (unpaired) electrons. The Morgan fingerprint density at radius 2 is 1.95 bits per heavy atom. The summed E-state index contributed by atoms with van der Waals surface area (Å²) in [5.41, 5.74) is -0.909. The van der Waals surface area contributed by atoms with E-state index in [2.05, 4.69) is 10.3 Å². The average molecular weight is 280 g/mol. The number of rotatable bonds is 3. The maximum absolute atomic E-state index is 12.2. The van der Waals surface area contributed by atoms with E-state index in [-0.39, 0.29) is 36.0 Å². The summed E-state index contributed by atoms with van der Waals surface area (Å²) in [5.74, 6) is -1.34. The second-order valence-electron chi connectivity index (χ2n) is 4.22. The van der Waals surface area contributed by atoms with E-state index >= 15 is 0 Å². The third kappa shape index (κ3) is 2.85. The normalized spacial score (nSPS) is 22.1. The van der Waals surface area contributed by atoms with Crippen molar-refractivity contribution in [2.45, 2.75) is 18.8 Å². The standard InChI is InChI=1S/C14H14N2O3.Na/c1-2-3-9-14(10-7-5-4-6-8-10)11(17)15-13(19)16-12(14)18;/h2-8H,9H2,1H3,(H2,15,16,17,18,19);/q;+1/p-1/b3-2+;. The van der Waals surface area contributed by atoms with Gasteiger partial charge in [-0.05, 0) is 24.8 Å². The molecule has 6 heteroatoms. The van der Waals surface area contributed by atoms with Crippen LogP contribution in [0.2, 0.25) is 0 Å². The molecular weight excluding hydrogens is 267 g/mol. The molecule has 1 aromatic carbocycles. The van der Waals surface area contributed by atoms with Crippen LogP contribution in [-0.4, -0.2) is 17.8 Å². The van der Waals surface area contributed by atoms with Crippen molar-refractivity contribution in [1.82, 2.24) is 5.32 Å². The van der Waals surface area contributed by atoms with Crippen LogP contribution in [-0.2, 0) is 10.2 Å². The van der Waals surface area contributed by atoms with Gasteiger partial charge in [0.1, 0.15) is 5.41 Å². The van der Waals surface area contributed by atoms with Gasteiger partial charge in [0, 0.05) is 0 Å². The molecule has 0 saturated carbocycles. The molecular formula is C14H13N2NaO3. The Morgan fingerprint density at radius 3 is 2.50 bits per heavy atom. The zero-order chi connectivity index (χ0) is 13.9. The molecule has 2 rings (SSSR count). The summed E-state index contributed by atoms with van der Waals surface area (Å²) >= 11 is 0. The van der Waals surface area contributed by atoms with Crippen molar-refractivity contribution >= 4 is 17.8 Å². The van der Waals surface area contributed by atoms with Crippen LogP contribution >= 0.6 is 0 Å². The number of nitrogens with zero attached hydrogens (tertiary/aromatic N) is 1. The van der Waals surface area contributed by atoms with E-state index in [0.29, 0.717) is 5.56 Å². The first-order valence-electron chi connectivity index (χ1n) is 5.89. The number of carbonyl (C=O) groups is 2. The zero-order valence-electron chi connectivity index (χ0n) is 11.4. The summed E-state index contributed by atoms with van der Waals surface area (Å²) < 4.78 is 0. The predicted molar refractivity (Wildman–Crippen MR) is 68.5 cm³/mol. The number of hydrogen-bond acceptors (Lipinski definition) is 3. The number of aliphatic imine (C=N–C) groups is 1. The fourth-order valence-electron chi connectivity index (χ4n) is 2.09. The second-order valence-corrected chi connectivity index (χ2v) is 4.22. The first-order valence-corrected chi connectivity index (χ1v) is 5.89. The van der Waals surface area contributed by atoms with Crippen LogP contribution in [0.15, 0.2) is 47.5 Å². The monoisotopic (exact) mass is 280 g/mol. The van der Waals surface area contributed by atoms with E-state index in [1.165, 1.54) is 0 Å². The van der Waals surface area contributed by atoms with Crippen LogP contribution < -0.4 is 40.0 Å². The summed E-state index contributed by atoms with van der Waals surface area (Å²) in [5, 5.41) is 14.3. The Balaban J connectivity index is 0.00000200. The third-order valence-corrected chi connectivity index (χ3v) is 3.10. The van der Waals surface area contributed by atoms with Crippen molar-refractivity contribution in [3.05, 3.63) is 48.0 Å². The Labute approximate surface area is 139 Å².